The van der Waals surface area contributed by atoms with Crippen molar-refractivity contribution in [1.29, 1.82) is 0 Å². The van der Waals surface area contributed by atoms with Gasteiger partial charge in [0.2, 0.25) is 0 Å². The fourth-order valence-corrected chi connectivity index (χ4v) is 4.75. The van der Waals surface area contributed by atoms with E-state index in [1.807, 2.05) is 52.2 Å². The summed E-state index contributed by atoms with van der Waals surface area (Å²) in [6.07, 6.45) is 1.96. The Hall–Kier alpha value is -3.30. The van der Waals surface area contributed by atoms with Crippen molar-refractivity contribution in [1.82, 2.24) is 19.9 Å². The largest absolute Gasteiger partial charge is 0.492 e. The average molecular weight is 466 g/mol. The number of hydrogen-bond donors (Lipinski definition) is 1. The van der Waals surface area contributed by atoms with Crippen LogP contribution in [-0.4, -0.2) is 58.9 Å². The number of nitrogens with one attached hydrogen (secondary N) is 1. The van der Waals surface area contributed by atoms with E-state index < -0.39 is 5.91 Å². The predicted molar refractivity (Wildman–Crippen MR) is 130 cm³/mol. The van der Waals surface area contributed by atoms with Gasteiger partial charge in [-0.05, 0) is 63.3 Å². The van der Waals surface area contributed by atoms with Gasteiger partial charge in [0.05, 0.1) is 5.39 Å². The molecule has 0 saturated heterocycles. The molecule has 3 aromatic rings. The van der Waals surface area contributed by atoms with E-state index >= 15 is 0 Å². The minimum absolute atomic E-state index is 0.372. The van der Waals surface area contributed by atoms with Crippen LogP contribution in [0.5, 0.6) is 5.75 Å². The van der Waals surface area contributed by atoms with Gasteiger partial charge in [-0.15, -0.1) is 11.3 Å². The van der Waals surface area contributed by atoms with Gasteiger partial charge in [-0.3, -0.25) is 15.0 Å². The zero-order chi connectivity index (χ0) is 23.7. The molecule has 0 fully saturated rings. The highest BCUT2D eigenvalue weighted by Crippen LogP contribution is 2.40. The van der Waals surface area contributed by atoms with Crippen LogP contribution >= 0.6 is 11.3 Å². The number of imide groups is 1. The summed E-state index contributed by atoms with van der Waals surface area (Å²) in [7, 11) is 4.03. The number of anilines is 1. The van der Waals surface area contributed by atoms with Crippen molar-refractivity contribution in [3.8, 4) is 16.2 Å². The number of aromatic nitrogens is 2. The zero-order valence-electron chi connectivity index (χ0n) is 19.4. The molecular weight excluding hydrogens is 438 g/mol. The van der Waals surface area contributed by atoms with Crippen molar-refractivity contribution < 1.29 is 14.3 Å². The Balaban J connectivity index is 1.67. The van der Waals surface area contributed by atoms with Gasteiger partial charge in [0.25, 0.3) is 11.8 Å². The van der Waals surface area contributed by atoms with Crippen molar-refractivity contribution in [3.63, 3.8) is 0 Å². The third-order valence-corrected chi connectivity index (χ3v) is 6.63. The molecule has 1 aliphatic heterocycles. The van der Waals surface area contributed by atoms with Crippen molar-refractivity contribution in [2.24, 2.45) is 0 Å². The highest BCUT2D eigenvalue weighted by molar-refractivity contribution is 7.22. The summed E-state index contributed by atoms with van der Waals surface area (Å²) in [6.45, 7) is 7.08. The van der Waals surface area contributed by atoms with E-state index in [1.165, 1.54) is 6.08 Å². The number of hydrazine groups is 1. The first-order valence-electron chi connectivity index (χ1n) is 10.8. The van der Waals surface area contributed by atoms with Crippen LogP contribution in [0.1, 0.15) is 25.2 Å². The fraction of sp³-hybridized carbons (Fsp3) is 0.333. The highest BCUT2D eigenvalue weighted by Gasteiger charge is 2.30. The van der Waals surface area contributed by atoms with E-state index in [1.54, 1.807) is 18.3 Å². The van der Waals surface area contributed by atoms with Crippen molar-refractivity contribution in [2.75, 3.05) is 32.7 Å². The summed E-state index contributed by atoms with van der Waals surface area (Å²) in [6, 6.07) is 8.00. The molecule has 1 N–H and O–H groups in total. The van der Waals surface area contributed by atoms with Crippen LogP contribution < -0.4 is 10.2 Å². The lowest BCUT2D eigenvalue weighted by Crippen LogP contribution is -2.36. The molecule has 0 saturated carbocycles. The van der Waals surface area contributed by atoms with E-state index in [9.17, 15) is 9.59 Å². The number of carbonyl (C=O) groups excluding carboxylic acids is 2. The second-order valence-electron chi connectivity index (χ2n) is 8.17. The Morgan fingerprint density at radius 3 is 2.45 bits per heavy atom. The number of ether oxygens (including phenoxy) is 1. The van der Waals surface area contributed by atoms with Gasteiger partial charge in [-0.2, -0.15) is 5.01 Å². The van der Waals surface area contributed by atoms with Crippen molar-refractivity contribution in [3.05, 3.63) is 47.3 Å². The molecule has 33 heavy (non-hydrogen) atoms. The molecule has 3 heterocycles. The van der Waals surface area contributed by atoms with Crippen LogP contribution in [0.4, 0.5) is 5.82 Å². The molecule has 4 rings (SSSR count). The maximum atomic E-state index is 12.4. The molecule has 0 radical (unpaired) electrons. The number of carbonyl (C=O) groups is 2. The van der Waals surface area contributed by atoms with Crippen LogP contribution in [0, 0.1) is 6.92 Å². The lowest BCUT2D eigenvalue weighted by Gasteiger charge is -2.17. The van der Waals surface area contributed by atoms with Crippen molar-refractivity contribution in [2.45, 2.75) is 27.2 Å². The Morgan fingerprint density at radius 1 is 1.12 bits per heavy atom. The van der Waals surface area contributed by atoms with Crippen LogP contribution in [0.2, 0.25) is 0 Å². The summed E-state index contributed by atoms with van der Waals surface area (Å²) in [5.74, 6) is 1.16. The molecule has 0 unspecified atom stereocenters. The maximum Gasteiger partial charge on any atom is 0.275 e. The predicted octanol–water partition coefficient (Wildman–Crippen LogP) is 3.81. The minimum Gasteiger partial charge on any atom is -0.492 e. The average Bonchev–Trinajstić information content (AvgIpc) is 3.24. The van der Waals surface area contributed by atoms with E-state index in [4.69, 9.17) is 9.72 Å². The fourth-order valence-electron chi connectivity index (χ4n) is 3.55. The number of rotatable bonds is 8. The third kappa shape index (κ3) is 4.60. The molecule has 1 aliphatic rings. The number of nitrogens with zero attached hydrogens (tertiary/aromatic N) is 4. The molecule has 0 bridgehead atoms. The Bertz CT molecular complexity index is 1250. The number of hydrogen-bond acceptors (Lipinski definition) is 8. The maximum absolute atomic E-state index is 12.4. The molecule has 9 heteroatoms. The Labute approximate surface area is 196 Å². The number of benzene rings is 1. The highest BCUT2D eigenvalue weighted by atomic mass is 32.1. The molecule has 8 nitrogen and oxygen atoms in total. The van der Waals surface area contributed by atoms with E-state index in [0.29, 0.717) is 30.2 Å². The van der Waals surface area contributed by atoms with Gasteiger partial charge < -0.3 is 9.64 Å². The first-order chi connectivity index (χ1) is 15.8. The number of likely N-dealkylation sites (N-methyl/N-ethyl adjacent to an activating group) is 1. The van der Waals surface area contributed by atoms with E-state index in [2.05, 4.69) is 15.3 Å². The zero-order valence-corrected chi connectivity index (χ0v) is 20.2. The van der Waals surface area contributed by atoms with Crippen molar-refractivity contribution >= 4 is 39.2 Å². The van der Waals surface area contributed by atoms with Gasteiger partial charge in [0.1, 0.15) is 23.0 Å². The summed E-state index contributed by atoms with van der Waals surface area (Å²) in [4.78, 5) is 37.9. The summed E-state index contributed by atoms with van der Waals surface area (Å²) in [5.41, 5.74) is 5.38. The lowest BCUT2D eigenvalue weighted by atomic mass is 10.1. The minimum atomic E-state index is -0.403. The number of thiophene rings is 1. The Kier molecular flexibility index (Phi) is 6.44. The monoisotopic (exact) mass is 465 g/mol. The first kappa shape index (κ1) is 22.9. The molecular formula is C24H27N5O3S. The second-order valence-corrected chi connectivity index (χ2v) is 9.17. The van der Waals surface area contributed by atoms with Gasteiger partial charge in [0.15, 0.2) is 5.82 Å². The Morgan fingerprint density at radius 2 is 1.85 bits per heavy atom. The number of fused-ring (bicyclic) bond motifs is 1. The smallest absolute Gasteiger partial charge is 0.275 e. The number of amides is 2. The topological polar surface area (TPSA) is 87.7 Å². The van der Waals surface area contributed by atoms with Crippen LogP contribution in [-0.2, 0) is 16.0 Å². The summed E-state index contributed by atoms with van der Waals surface area (Å²) < 4.78 is 5.80. The lowest BCUT2D eigenvalue weighted by molar-refractivity contribution is -0.135. The normalized spacial score (nSPS) is 13.9. The second kappa shape index (κ2) is 9.29. The quantitative estimate of drug-likeness (QED) is 0.506. The molecule has 2 aromatic heterocycles. The standard InChI is InChI=1S/C24H27N5O3S/c1-6-18-25-22(27-29-19(30)13-14(2)24(29)31)20-15(3)21(33-23(20)26-18)16-7-9-17(10-8-16)32-12-11-28(4)5/h7-10,13H,6,11-12H2,1-5H3,(H,25,26,27). The van der Waals surface area contributed by atoms with Crippen LogP contribution in [0.3, 0.4) is 0 Å². The first-order valence-corrected chi connectivity index (χ1v) is 11.6. The third-order valence-electron chi connectivity index (χ3n) is 5.39. The molecule has 172 valence electrons. The van der Waals surface area contributed by atoms with Gasteiger partial charge in [-0.1, -0.05) is 6.92 Å². The van der Waals surface area contributed by atoms with Crippen LogP contribution in [0.15, 0.2) is 35.9 Å². The SMILES string of the molecule is CCc1nc(NN2C(=O)C=C(C)C2=O)c2c(C)c(-c3ccc(OCCN(C)C)cc3)sc2n1. The van der Waals surface area contributed by atoms with Gasteiger partial charge >= 0.3 is 0 Å². The molecule has 0 atom stereocenters. The summed E-state index contributed by atoms with van der Waals surface area (Å²) in [5, 5.41) is 1.82. The van der Waals surface area contributed by atoms with Gasteiger partial charge in [0, 0.05) is 29.5 Å². The molecule has 0 aliphatic carbocycles. The van der Waals surface area contributed by atoms with Crippen LogP contribution in [0.25, 0.3) is 20.7 Å². The molecule has 2 amide bonds. The molecule has 1 aromatic carbocycles. The van der Waals surface area contributed by atoms with E-state index in [0.717, 1.165) is 43.5 Å². The number of aryl methyl sites for hydroxylation is 2. The molecule has 0 spiro atoms. The van der Waals surface area contributed by atoms with Gasteiger partial charge in [-0.25, -0.2) is 9.97 Å². The van der Waals surface area contributed by atoms with E-state index in [-0.39, 0.29) is 5.91 Å². The summed E-state index contributed by atoms with van der Waals surface area (Å²) >= 11 is 1.57.